The van der Waals surface area contributed by atoms with E-state index in [0.29, 0.717) is 38.5 Å². The molecular formula is C39H14N12O4S. The Balaban J connectivity index is 0.000000129. The third-order valence-corrected chi connectivity index (χ3v) is 9.35. The molecule has 2 aliphatic carbocycles. The predicted octanol–water partition coefficient (Wildman–Crippen LogP) is 5.16. The maximum Gasteiger partial charge on any atom is 0.214 e. The van der Waals surface area contributed by atoms with Crippen LogP contribution in [-0.4, -0.2) is 53.7 Å². The summed E-state index contributed by atoms with van der Waals surface area (Å²) in [6.45, 7) is 0. The molecule has 0 bridgehead atoms. The SMILES string of the molecule is COc1ccc2c(c1)C(=O)c1nc(C#N)c(C#N)nc1-2.N#Cc1nc2c(nc1C#N)-c1ccc(O)cc1C2=O.N#Cc1nc2sc3ccccc3c2nc1C#N. The van der Waals surface area contributed by atoms with Gasteiger partial charge < -0.3 is 9.84 Å². The highest BCUT2D eigenvalue weighted by atomic mass is 32.1. The standard InChI is InChI=1S/C14H6N4O2.C13H4N4O2.C12H4N4S/c1-20-7-2-3-8-9(4-7)14(19)13-12(8)17-10(5-15)11(6-16)18-13;14-4-9-10(5-15)17-12-11(16-9)7-2-1-6(18)3-8(7)13(12)19;13-5-8-9(6-14)16-12-11(15-8)7-3-1-2-4-10(7)17-12/h2-4H,1H3;1-3,18H;1-4H. The Hall–Kier alpha value is -9.00. The summed E-state index contributed by atoms with van der Waals surface area (Å²) in [6, 6.07) is 27.9. The summed E-state index contributed by atoms with van der Waals surface area (Å²) in [5.74, 6) is -0.219. The molecule has 1 N–H and O–H groups in total. The fourth-order valence-corrected chi connectivity index (χ4v) is 6.80. The molecule has 0 unspecified atom stereocenters. The van der Waals surface area contributed by atoms with Gasteiger partial charge in [0.2, 0.25) is 11.6 Å². The summed E-state index contributed by atoms with van der Waals surface area (Å²) in [4.78, 5) is 49.4. The Morgan fingerprint density at radius 3 is 1.55 bits per heavy atom. The fraction of sp³-hybridized carbons (Fsp3) is 0.0256. The average Bonchev–Trinajstić information content (AvgIpc) is 3.84. The van der Waals surface area contributed by atoms with E-state index in [1.807, 2.05) is 42.5 Å². The normalized spacial score (nSPS) is 11.0. The minimum absolute atomic E-state index is 0.0381. The number of aromatic hydroxyl groups is 1. The van der Waals surface area contributed by atoms with Crippen molar-refractivity contribution in [3.63, 3.8) is 0 Å². The molecule has 0 saturated carbocycles. The number of carbonyl (C=O) groups excluding carboxylic acids is 2. The molecule has 0 aliphatic heterocycles. The van der Waals surface area contributed by atoms with Crippen LogP contribution < -0.4 is 4.74 Å². The van der Waals surface area contributed by atoms with Gasteiger partial charge in [-0.05, 0) is 42.5 Å². The minimum Gasteiger partial charge on any atom is -0.508 e. The van der Waals surface area contributed by atoms with Crippen molar-refractivity contribution >= 4 is 43.3 Å². The molecule has 0 fully saturated rings. The van der Waals surface area contributed by atoms with Crippen LogP contribution in [0, 0.1) is 68.0 Å². The Morgan fingerprint density at radius 2 is 1.02 bits per heavy atom. The van der Waals surface area contributed by atoms with E-state index in [0.717, 1.165) is 10.1 Å². The average molecular weight is 747 g/mol. The number of benzene rings is 3. The molecule has 260 valence electrons. The number of nitriles is 6. The fourth-order valence-electron chi connectivity index (χ4n) is 5.78. The molecule has 56 heavy (non-hydrogen) atoms. The lowest BCUT2D eigenvalue weighted by Crippen LogP contribution is -2.04. The zero-order valence-corrected chi connectivity index (χ0v) is 29.0. The number of aromatic nitrogens is 6. The van der Waals surface area contributed by atoms with Gasteiger partial charge in [0.05, 0.1) is 7.11 Å². The topological polar surface area (TPSA) is 284 Å². The molecular weight excluding hydrogens is 733 g/mol. The van der Waals surface area contributed by atoms with Gasteiger partial charge in [0.15, 0.2) is 34.2 Å². The van der Waals surface area contributed by atoms with Crippen LogP contribution >= 0.6 is 11.3 Å². The van der Waals surface area contributed by atoms with E-state index in [4.69, 9.17) is 36.3 Å². The number of nitrogens with zero attached hydrogens (tertiary/aromatic N) is 12. The molecule has 0 atom stereocenters. The highest BCUT2D eigenvalue weighted by Gasteiger charge is 2.33. The lowest BCUT2D eigenvalue weighted by molar-refractivity contribution is 0.103. The summed E-state index contributed by atoms with van der Waals surface area (Å²) < 4.78 is 6.14. The quantitative estimate of drug-likeness (QED) is 0.227. The Kier molecular flexibility index (Phi) is 8.98. The summed E-state index contributed by atoms with van der Waals surface area (Å²) in [6.07, 6.45) is 0. The van der Waals surface area contributed by atoms with E-state index in [-0.39, 0.29) is 68.3 Å². The highest BCUT2D eigenvalue weighted by Crippen LogP contribution is 2.38. The number of ether oxygens (including phenoxy) is 1. The van der Waals surface area contributed by atoms with Gasteiger partial charge in [0, 0.05) is 32.3 Å². The van der Waals surface area contributed by atoms with Crippen molar-refractivity contribution < 1.29 is 19.4 Å². The van der Waals surface area contributed by atoms with Crippen molar-refractivity contribution in [1.82, 2.24) is 29.9 Å². The highest BCUT2D eigenvalue weighted by molar-refractivity contribution is 7.25. The van der Waals surface area contributed by atoms with Crippen LogP contribution in [0.1, 0.15) is 66.3 Å². The number of hydrogen-bond donors (Lipinski definition) is 1. The molecule has 0 radical (unpaired) electrons. The van der Waals surface area contributed by atoms with Crippen molar-refractivity contribution in [3.05, 3.63) is 117 Å². The van der Waals surface area contributed by atoms with Gasteiger partial charge in [-0.2, -0.15) is 31.6 Å². The molecule has 0 spiro atoms. The number of hydrogen-bond acceptors (Lipinski definition) is 17. The number of thiophene rings is 1. The van der Waals surface area contributed by atoms with Crippen molar-refractivity contribution in [2.75, 3.05) is 7.11 Å². The zero-order chi connectivity index (χ0) is 39.7. The molecule has 16 nitrogen and oxygen atoms in total. The first-order valence-corrected chi connectivity index (χ1v) is 16.5. The lowest BCUT2D eigenvalue weighted by atomic mass is 10.1. The number of methoxy groups -OCH3 is 1. The largest absolute Gasteiger partial charge is 0.508 e. The van der Waals surface area contributed by atoms with Crippen LogP contribution in [0.25, 0.3) is 42.9 Å². The number of ketones is 2. The van der Waals surface area contributed by atoms with E-state index < -0.39 is 5.78 Å². The van der Waals surface area contributed by atoms with E-state index in [2.05, 4.69) is 29.9 Å². The van der Waals surface area contributed by atoms with Crippen LogP contribution in [0.15, 0.2) is 60.7 Å². The van der Waals surface area contributed by atoms with Gasteiger partial charge in [-0.25, -0.2) is 29.9 Å². The second-order valence-corrected chi connectivity index (χ2v) is 12.4. The van der Waals surface area contributed by atoms with Gasteiger partial charge in [0.1, 0.15) is 81.0 Å². The van der Waals surface area contributed by atoms with Gasteiger partial charge in [-0.15, -0.1) is 11.3 Å². The van der Waals surface area contributed by atoms with Crippen LogP contribution in [0.4, 0.5) is 0 Å². The molecule has 4 heterocycles. The zero-order valence-electron chi connectivity index (χ0n) is 28.2. The number of phenols is 1. The van der Waals surface area contributed by atoms with Gasteiger partial charge >= 0.3 is 0 Å². The van der Waals surface area contributed by atoms with E-state index >= 15 is 0 Å². The van der Waals surface area contributed by atoms with Crippen LogP contribution in [0.5, 0.6) is 11.5 Å². The first-order chi connectivity index (χ1) is 27.2. The van der Waals surface area contributed by atoms with Gasteiger partial charge in [0.25, 0.3) is 0 Å². The number of phenolic OH excluding ortho intramolecular Hbond substituents is 1. The predicted molar refractivity (Wildman–Crippen MR) is 193 cm³/mol. The minimum atomic E-state index is -0.408. The van der Waals surface area contributed by atoms with E-state index in [1.165, 1.54) is 36.6 Å². The monoisotopic (exact) mass is 746 g/mol. The Morgan fingerprint density at radius 1 is 0.554 bits per heavy atom. The summed E-state index contributed by atoms with van der Waals surface area (Å²) in [7, 11) is 1.51. The van der Waals surface area contributed by atoms with Crippen LogP contribution in [0.3, 0.4) is 0 Å². The smallest absolute Gasteiger partial charge is 0.214 e. The second-order valence-electron chi connectivity index (χ2n) is 11.4. The summed E-state index contributed by atoms with van der Waals surface area (Å²) in [5.41, 5.74) is 2.90. The molecule has 0 amide bonds. The number of fused-ring (bicyclic) bond motifs is 9. The van der Waals surface area contributed by atoms with Crippen molar-refractivity contribution in [2.45, 2.75) is 0 Å². The molecule has 4 aromatic heterocycles. The van der Waals surface area contributed by atoms with E-state index in [9.17, 15) is 14.7 Å². The second kappa shape index (κ2) is 14.2. The Labute approximate surface area is 318 Å². The lowest BCUT2D eigenvalue weighted by Gasteiger charge is -2.02. The van der Waals surface area contributed by atoms with Gasteiger partial charge in [-0.1, -0.05) is 18.2 Å². The maximum atomic E-state index is 12.3. The molecule has 9 rings (SSSR count). The third-order valence-electron chi connectivity index (χ3n) is 8.30. The van der Waals surface area contributed by atoms with Gasteiger partial charge in [-0.3, -0.25) is 9.59 Å². The first kappa shape index (κ1) is 35.4. The maximum absolute atomic E-state index is 12.3. The van der Waals surface area contributed by atoms with Crippen molar-refractivity contribution in [3.8, 4) is 70.4 Å². The molecule has 7 aromatic rings. The first-order valence-electron chi connectivity index (χ1n) is 15.7. The summed E-state index contributed by atoms with van der Waals surface area (Å²) in [5, 5.41) is 63.9. The molecule has 3 aromatic carbocycles. The van der Waals surface area contributed by atoms with Crippen molar-refractivity contribution in [1.29, 1.82) is 31.6 Å². The molecule has 2 aliphatic rings. The van der Waals surface area contributed by atoms with E-state index in [1.54, 1.807) is 36.4 Å². The molecule has 17 heteroatoms. The van der Waals surface area contributed by atoms with Crippen molar-refractivity contribution in [2.24, 2.45) is 0 Å². The third kappa shape index (κ3) is 5.85. The van der Waals surface area contributed by atoms with Crippen LogP contribution in [0.2, 0.25) is 0 Å². The molecule has 0 saturated heterocycles. The number of rotatable bonds is 1. The summed E-state index contributed by atoms with van der Waals surface area (Å²) >= 11 is 1.48. The number of carbonyl (C=O) groups is 2. The Bertz CT molecular complexity index is 3170. The van der Waals surface area contributed by atoms with Crippen LogP contribution in [-0.2, 0) is 0 Å².